The number of rotatable bonds is 2. The molecule has 0 radical (unpaired) electrons. The van der Waals surface area contributed by atoms with E-state index in [1.165, 1.54) is 19.3 Å². The predicted octanol–water partition coefficient (Wildman–Crippen LogP) is 4.50. The van der Waals surface area contributed by atoms with Gasteiger partial charge in [0.2, 0.25) is 0 Å². The van der Waals surface area contributed by atoms with E-state index in [1.54, 1.807) is 0 Å². The average molecular weight is 286 g/mol. The molecule has 1 aromatic carbocycles. The van der Waals surface area contributed by atoms with Crippen molar-refractivity contribution in [3.8, 4) is 6.07 Å². The highest BCUT2D eigenvalue weighted by Gasteiger charge is 2.18. The number of para-hydroxylation sites is 1. The van der Waals surface area contributed by atoms with Crippen molar-refractivity contribution in [1.29, 1.82) is 5.26 Å². The maximum Gasteiger partial charge on any atom is 0.149 e. The molecule has 20 heavy (non-hydrogen) atoms. The number of hydrogen-bond donors (Lipinski definition) is 1. The van der Waals surface area contributed by atoms with Gasteiger partial charge in [0, 0.05) is 11.4 Å². The van der Waals surface area contributed by atoms with Gasteiger partial charge in [-0.1, -0.05) is 49.1 Å². The standard InChI is InChI=1S/C16H16ClN3/c17-16-13(10-18)15(19-11-6-2-1-3-7-11)12-8-4-5-9-14(12)20-16/h4-5,8-9,11H,1-3,6-7H2,(H,19,20). The van der Waals surface area contributed by atoms with E-state index in [1.807, 2.05) is 24.3 Å². The van der Waals surface area contributed by atoms with Crippen molar-refractivity contribution in [1.82, 2.24) is 4.98 Å². The quantitative estimate of drug-likeness (QED) is 0.826. The van der Waals surface area contributed by atoms with Gasteiger partial charge in [-0.05, 0) is 18.9 Å². The van der Waals surface area contributed by atoms with Crippen LogP contribution < -0.4 is 5.32 Å². The van der Waals surface area contributed by atoms with Crippen LogP contribution in [0.4, 0.5) is 5.69 Å². The molecule has 0 unspecified atom stereocenters. The van der Waals surface area contributed by atoms with Crippen LogP contribution in [-0.2, 0) is 0 Å². The van der Waals surface area contributed by atoms with Gasteiger partial charge in [0.05, 0.1) is 11.2 Å². The molecule has 0 saturated heterocycles. The fourth-order valence-corrected chi connectivity index (χ4v) is 3.11. The zero-order valence-electron chi connectivity index (χ0n) is 11.2. The molecule has 2 aromatic rings. The topological polar surface area (TPSA) is 48.7 Å². The van der Waals surface area contributed by atoms with Gasteiger partial charge >= 0.3 is 0 Å². The summed E-state index contributed by atoms with van der Waals surface area (Å²) in [7, 11) is 0. The maximum absolute atomic E-state index is 9.37. The molecule has 1 aromatic heterocycles. The number of hydrogen-bond acceptors (Lipinski definition) is 3. The van der Waals surface area contributed by atoms with Crippen LogP contribution in [0, 0.1) is 11.3 Å². The summed E-state index contributed by atoms with van der Waals surface area (Å²) in [6.45, 7) is 0. The van der Waals surface area contributed by atoms with Crippen LogP contribution in [0.2, 0.25) is 5.15 Å². The minimum absolute atomic E-state index is 0.282. The SMILES string of the molecule is N#Cc1c(Cl)nc2ccccc2c1NC1CCCCC1. The number of aromatic nitrogens is 1. The van der Waals surface area contributed by atoms with Crippen molar-refractivity contribution >= 4 is 28.2 Å². The van der Waals surface area contributed by atoms with E-state index in [0.717, 1.165) is 29.4 Å². The molecule has 1 heterocycles. The van der Waals surface area contributed by atoms with Crippen LogP contribution in [0.3, 0.4) is 0 Å². The third kappa shape index (κ3) is 2.44. The van der Waals surface area contributed by atoms with Crippen LogP contribution in [0.15, 0.2) is 24.3 Å². The summed E-state index contributed by atoms with van der Waals surface area (Å²) in [4.78, 5) is 4.30. The number of pyridine rings is 1. The lowest BCUT2D eigenvalue weighted by atomic mass is 9.95. The van der Waals surface area contributed by atoms with E-state index in [0.29, 0.717) is 11.6 Å². The summed E-state index contributed by atoms with van der Waals surface area (Å²) < 4.78 is 0. The van der Waals surface area contributed by atoms with Crippen molar-refractivity contribution < 1.29 is 0 Å². The Morgan fingerprint density at radius 2 is 1.95 bits per heavy atom. The highest BCUT2D eigenvalue weighted by Crippen LogP contribution is 2.32. The monoisotopic (exact) mass is 285 g/mol. The second-order valence-electron chi connectivity index (χ2n) is 5.26. The normalized spacial score (nSPS) is 16.0. The van der Waals surface area contributed by atoms with Crippen molar-refractivity contribution in [2.45, 2.75) is 38.1 Å². The van der Waals surface area contributed by atoms with Crippen LogP contribution >= 0.6 is 11.6 Å². The first kappa shape index (κ1) is 13.2. The second-order valence-corrected chi connectivity index (χ2v) is 5.62. The molecule has 1 aliphatic carbocycles. The third-order valence-corrected chi connectivity index (χ3v) is 4.19. The summed E-state index contributed by atoms with van der Waals surface area (Å²) in [5.74, 6) is 0. The molecule has 0 amide bonds. The molecular formula is C16H16ClN3. The lowest BCUT2D eigenvalue weighted by Crippen LogP contribution is -2.23. The average Bonchev–Trinajstić information content (AvgIpc) is 2.48. The first-order chi connectivity index (χ1) is 9.79. The molecule has 102 valence electrons. The van der Waals surface area contributed by atoms with Crippen LogP contribution in [0.5, 0.6) is 0 Å². The van der Waals surface area contributed by atoms with E-state index < -0.39 is 0 Å². The highest BCUT2D eigenvalue weighted by molar-refractivity contribution is 6.31. The van der Waals surface area contributed by atoms with E-state index in [9.17, 15) is 5.26 Å². The summed E-state index contributed by atoms with van der Waals surface area (Å²) in [5, 5.41) is 14.2. The molecule has 3 nitrogen and oxygen atoms in total. The molecular weight excluding hydrogens is 270 g/mol. The lowest BCUT2D eigenvalue weighted by molar-refractivity contribution is 0.463. The summed E-state index contributed by atoms with van der Waals surface area (Å²) in [6, 6.07) is 10.4. The molecule has 0 bridgehead atoms. The molecule has 3 rings (SSSR count). The fraction of sp³-hybridized carbons (Fsp3) is 0.375. The van der Waals surface area contributed by atoms with Gasteiger partial charge in [-0.2, -0.15) is 5.26 Å². The zero-order chi connectivity index (χ0) is 13.9. The first-order valence-electron chi connectivity index (χ1n) is 7.04. The Hall–Kier alpha value is -1.79. The third-order valence-electron chi connectivity index (χ3n) is 3.91. The highest BCUT2D eigenvalue weighted by atomic mass is 35.5. The Morgan fingerprint density at radius 1 is 1.20 bits per heavy atom. The molecule has 1 N–H and O–H groups in total. The molecule has 1 aliphatic rings. The Bertz CT molecular complexity index is 669. The van der Waals surface area contributed by atoms with Gasteiger partial charge in [0.15, 0.2) is 0 Å². The van der Waals surface area contributed by atoms with E-state index in [4.69, 9.17) is 11.6 Å². The zero-order valence-corrected chi connectivity index (χ0v) is 12.0. The van der Waals surface area contributed by atoms with Gasteiger partial charge < -0.3 is 5.32 Å². The van der Waals surface area contributed by atoms with Gasteiger partial charge in [0.1, 0.15) is 16.8 Å². The predicted molar refractivity (Wildman–Crippen MR) is 82.0 cm³/mol. The van der Waals surface area contributed by atoms with Gasteiger partial charge in [-0.15, -0.1) is 0 Å². The number of halogens is 1. The van der Waals surface area contributed by atoms with Crippen molar-refractivity contribution in [2.24, 2.45) is 0 Å². The molecule has 1 saturated carbocycles. The number of fused-ring (bicyclic) bond motifs is 1. The number of nitriles is 1. The first-order valence-corrected chi connectivity index (χ1v) is 7.42. The van der Waals surface area contributed by atoms with Crippen LogP contribution in [0.1, 0.15) is 37.7 Å². The van der Waals surface area contributed by atoms with Crippen molar-refractivity contribution in [3.05, 3.63) is 35.0 Å². The molecule has 0 atom stereocenters. The Kier molecular flexibility index (Phi) is 3.75. The van der Waals surface area contributed by atoms with E-state index in [2.05, 4.69) is 16.4 Å². The number of nitrogens with one attached hydrogen (secondary N) is 1. The van der Waals surface area contributed by atoms with E-state index in [-0.39, 0.29) is 5.15 Å². The smallest absolute Gasteiger partial charge is 0.149 e. The Morgan fingerprint density at radius 3 is 2.70 bits per heavy atom. The molecule has 1 fully saturated rings. The number of nitrogens with zero attached hydrogens (tertiary/aromatic N) is 2. The minimum atomic E-state index is 0.282. The summed E-state index contributed by atoms with van der Waals surface area (Å²) >= 11 is 6.15. The lowest BCUT2D eigenvalue weighted by Gasteiger charge is -2.25. The van der Waals surface area contributed by atoms with Crippen LogP contribution in [0.25, 0.3) is 10.9 Å². The number of benzene rings is 1. The number of anilines is 1. The van der Waals surface area contributed by atoms with Gasteiger partial charge in [0.25, 0.3) is 0 Å². The molecule has 4 heteroatoms. The van der Waals surface area contributed by atoms with Gasteiger partial charge in [-0.3, -0.25) is 0 Å². The fourth-order valence-electron chi connectivity index (χ4n) is 2.89. The minimum Gasteiger partial charge on any atom is -0.381 e. The maximum atomic E-state index is 9.37. The van der Waals surface area contributed by atoms with E-state index >= 15 is 0 Å². The summed E-state index contributed by atoms with van der Waals surface area (Å²) in [5.41, 5.74) is 2.13. The Balaban J connectivity index is 2.08. The van der Waals surface area contributed by atoms with Crippen molar-refractivity contribution in [3.63, 3.8) is 0 Å². The molecule has 0 spiro atoms. The van der Waals surface area contributed by atoms with Crippen LogP contribution in [-0.4, -0.2) is 11.0 Å². The van der Waals surface area contributed by atoms with Gasteiger partial charge in [-0.25, -0.2) is 4.98 Å². The molecule has 0 aliphatic heterocycles. The largest absolute Gasteiger partial charge is 0.381 e. The van der Waals surface area contributed by atoms with Crippen molar-refractivity contribution in [2.75, 3.05) is 5.32 Å². The second kappa shape index (κ2) is 5.68. The Labute approximate surface area is 123 Å². The summed E-state index contributed by atoms with van der Waals surface area (Å²) in [6.07, 6.45) is 6.10.